The van der Waals surface area contributed by atoms with Crippen LogP contribution in [0, 0.1) is 0 Å². The minimum atomic E-state index is 0.832. The molecular formula is C14H18BrN3S. The molecule has 102 valence electrons. The normalized spacial score (nSPS) is 11.1. The Balaban J connectivity index is 1.63. The molecule has 0 aliphatic carbocycles. The van der Waals surface area contributed by atoms with Gasteiger partial charge in [-0.15, -0.1) is 11.3 Å². The zero-order chi connectivity index (χ0) is 13.5. The van der Waals surface area contributed by atoms with Gasteiger partial charge in [0.15, 0.2) is 0 Å². The first-order valence-electron chi connectivity index (χ1n) is 6.26. The third-order valence-electron chi connectivity index (χ3n) is 2.78. The highest BCUT2D eigenvalue weighted by Gasteiger charge is 2.02. The first kappa shape index (κ1) is 14.7. The van der Waals surface area contributed by atoms with Gasteiger partial charge in [0.1, 0.15) is 0 Å². The van der Waals surface area contributed by atoms with Crippen molar-refractivity contribution in [3.05, 3.63) is 50.9 Å². The summed E-state index contributed by atoms with van der Waals surface area (Å²) in [6, 6.07) is 8.18. The Labute approximate surface area is 126 Å². The number of hydrogen-bond acceptors (Lipinski definition) is 4. The molecule has 0 radical (unpaired) electrons. The first-order chi connectivity index (χ1) is 9.24. The lowest BCUT2D eigenvalue weighted by Gasteiger charge is -2.16. The third kappa shape index (κ3) is 5.40. The fourth-order valence-electron chi connectivity index (χ4n) is 1.81. The molecule has 0 aromatic carbocycles. The number of thiophene rings is 1. The van der Waals surface area contributed by atoms with Crippen molar-refractivity contribution in [1.29, 1.82) is 0 Å². The van der Waals surface area contributed by atoms with E-state index in [2.05, 4.69) is 49.6 Å². The zero-order valence-electron chi connectivity index (χ0n) is 11.0. The molecule has 2 rings (SSSR count). The maximum Gasteiger partial charge on any atom is 0.0701 e. The molecule has 0 aliphatic rings. The highest BCUT2D eigenvalue weighted by molar-refractivity contribution is 9.11. The van der Waals surface area contributed by atoms with E-state index in [1.54, 1.807) is 11.3 Å². The van der Waals surface area contributed by atoms with E-state index < -0.39 is 0 Å². The quantitative estimate of drug-likeness (QED) is 0.785. The Morgan fingerprint density at radius 3 is 3.00 bits per heavy atom. The van der Waals surface area contributed by atoms with E-state index in [1.807, 2.05) is 24.4 Å². The predicted molar refractivity (Wildman–Crippen MR) is 84.3 cm³/mol. The van der Waals surface area contributed by atoms with E-state index in [4.69, 9.17) is 0 Å². The molecule has 0 saturated heterocycles. The van der Waals surface area contributed by atoms with Crippen LogP contribution in [-0.2, 0) is 13.1 Å². The number of rotatable bonds is 7. The van der Waals surface area contributed by atoms with E-state index >= 15 is 0 Å². The molecule has 0 unspecified atom stereocenters. The largest absolute Gasteiger partial charge is 0.310 e. The van der Waals surface area contributed by atoms with E-state index in [1.165, 1.54) is 9.35 Å². The van der Waals surface area contributed by atoms with Crippen molar-refractivity contribution in [3.8, 4) is 0 Å². The van der Waals surface area contributed by atoms with Crippen molar-refractivity contribution in [2.75, 3.05) is 20.1 Å². The number of hydrogen-bond donors (Lipinski definition) is 1. The summed E-state index contributed by atoms with van der Waals surface area (Å²) in [6.07, 6.45) is 1.83. The second-order valence-corrected chi connectivity index (χ2v) is 6.79. The van der Waals surface area contributed by atoms with Gasteiger partial charge in [-0.3, -0.25) is 4.98 Å². The van der Waals surface area contributed by atoms with Crippen molar-refractivity contribution >= 4 is 27.3 Å². The SMILES string of the molecule is CN(CCNCc1ccccn1)Cc1csc(Br)c1. The maximum atomic E-state index is 4.29. The summed E-state index contributed by atoms with van der Waals surface area (Å²) in [7, 11) is 2.15. The number of nitrogens with zero attached hydrogens (tertiary/aromatic N) is 2. The van der Waals surface area contributed by atoms with Crippen molar-refractivity contribution < 1.29 is 0 Å². The van der Waals surface area contributed by atoms with Crippen LogP contribution < -0.4 is 5.32 Å². The van der Waals surface area contributed by atoms with Crippen LogP contribution in [0.25, 0.3) is 0 Å². The van der Waals surface area contributed by atoms with Gasteiger partial charge in [0.05, 0.1) is 9.48 Å². The second kappa shape index (κ2) is 7.75. The number of aromatic nitrogens is 1. The van der Waals surface area contributed by atoms with Crippen LogP contribution in [-0.4, -0.2) is 30.0 Å². The van der Waals surface area contributed by atoms with Gasteiger partial charge in [0.2, 0.25) is 0 Å². The van der Waals surface area contributed by atoms with Gasteiger partial charge in [0, 0.05) is 32.4 Å². The van der Waals surface area contributed by atoms with Gasteiger partial charge in [-0.1, -0.05) is 6.07 Å². The molecule has 0 fully saturated rings. The smallest absolute Gasteiger partial charge is 0.0701 e. The van der Waals surface area contributed by atoms with Gasteiger partial charge >= 0.3 is 0 Å². The van der Waals surface area contributed by atoms with Gasteiger partial charge in [0.25, 0.3) is 0 Å². The highest BCUT2D eigenvalue weighted by Crippen LogP contribution is 2.21. The van der Waals surface area contributed by atoms with Crippen molar-refractivity contribution in [1.82, 2.24) is 15.2 Å². The molecule has 5 heteroatoms. The summed E-state index contributed by atoms with van der Waals surface area (Å²) >= 11 is 5.23. The van der Waals surface area contributed by atoms with E-state index in [0.717, 1.165) is 31.9 Å². The van der Waals surface area contributed by atoms with Gasteiger partial charge in [-0.2, -0.15) is 0 Å². The van der Waals surface area contributed by atoms with Crippen LogP contribution in [0.2, 0.25) is 0 Å². The molecule has 0 saturated carbocycles. The summed E-state index contributed by atoms with van der Waals surface area (Å²) in [4.78, 5) is 6.61. The lowest BCUT2D eigenvalue weighted by Crippen LogP contribution is -2.28. The van der Waals surface area contributed by atoms with Crippen LogP contribution in [0.3, 0.4) is 0 Å². The molecule has 0 atom stereocenters. The standard InChI is InChI=1S/C14H18BrN3S/c1-18(10-12-8-14(15)19-11-12)7-6-16-9-13-4-2-3-5-17-13/h2-5,8,11,16H,6-7,9-10H2,1H3. The summed E-state index contributed by atoms with van der Waals surface area (Å²) in [5.41, 5.74) is 2.45. The van der Waals surface area contributed by atoms with E-state index in [-0.39, 0.29) is 0 Å². The summed E-state index contributed by atoms with van der Waals surface area (Å²) < 4.78 is 1.20. The van der Waals surface area contributed by atoms with Crippen LogP contribution >= 0.6 is 27.3 Å². The molecule has 0 spiro atoms. The topological polar surface area (TPSA) is 28.2 Å². The van der Waals surface area contributed by atoms with Crippen molar-refractivity contribution in [2.45, 2.75) is 13.1 Å². The summed E-state index contributed by atoms with van der Waals surface area (Å²) in [5, 5.41) is 5.61. The molecule has 0 amide bonds. The lowest BCUT2D eigenvalue weighted by atomic mass is 10.3. The first-order valence-corrected chi connectivity index (χ1v) is 7.93. The molecule has 1 N–H and O–H groups in total. The maximum absolute atomic E-state index is 4.29. The van der Waals surface area contributed by atoms with Crippen LogP contribution in [0.5, 0.6) is 0 Å². The fourth-order valence-corrected chi connectivity index (χ4v) is 3.01. The van der Waals surface area contributed by atoms with E-state index in [9.17, 15) is 0 Å². The minimum Gasteiger partial charge on any atom is -0.310 e. The Morgan fingerprint density at radius 2 is 2.32 bits per heavy atom. The van der Waals surface area contributed by atoms with E-state index in [0.29, 0.717) is 0 Å². The Bertz CT molecular complexity index is 486. The number of likely N-dealkylation sites (N-methyl/N-ethyl adjacent to an activating group) is 1. The predicted octanol–water partition coefficient (Wildman–Crippen LogP) is 3.13. The molecule has 0 bridgehead atoms. The average molecular weight is 340 g/mol. The highest BCUT2D eigenvalue weighted by atomic mass is 79.9. The Hall–Kier alpha value is -0.750. The van der Waals surface area contributed by atoms with Gasteiger partial charge in [-0.05, 0) is 52.1 Å². The number of halogens is 1. The molecule has 19 heavy (non-hydrogen) atoms. The van der Waals surface area contributed by atoms with Crippen molar-refractivity contribution in [2.24, 2.45) is 0 Å². The lowest BCUT2D eigenvalue weighted by molar-refractivity contribution is 0.324. The fraction of sp³-hybridized carbons (Fsp3) is 0.357. The van der Waals surface area contributed by atoms with Gasteiger partial charge in [-0.25, -0.2) is 0 Å². The summed E-state index contributed by atoms with van der Waals surface area (Å²) in [5.74, 6) is 0. The zero-order valence-corrected chi connectivity index (χ0v) is 13.4. The molecule has 2 aromatic rings. The summed E-state index contributed by atoms with van der Waals surface area (Å²) in [6.45, 7) is 3.82. The van der Waals surface area contributed by atoms with Crippen LogP contribution in [0.1, 0.15) is 11.3 Å². The average Bonchev–Trinajstić information content (AvgIpc) is 2.81. The third-order valence-corrected chi connectivity index (χ3v) is 4.33. The van der Waals surface area contributed by atoms with Gasteiger partial charge < -0.3 is 10.2 Å². The Morgan fingerprint density at radius 1 is 1.42 bits per heavy atom. The minimum absolute atomic E-state index is 0.832. The number of pyridine rings is 1. The molecular weight excluding hydrogens is 322 g/mol. The van der Waals surface area contributed by atoms with Crippen LogP contribution in [0.4, 0.5) is 0 Å². The monoisotopic (exact) mass is 339 g/mol. The van der Waals surface area contributed by atoms with Crippen LogP contribution in [0.15, 0.2) is 39.6 Å². The molecule has 3 nitrogen and oxygen atoms in total. The molecule has 2 heterocycles. The number of nitrogens with one attached hydrogen (secondary N) is 1. The second-order valence-electron chi connectivity index (χ2n) is 4.49. The van der Waals surface area contributed by atoms with Crippen molar-refractivity contribution in [3.63, 3.8) is 0 Å². The Kier molecular flexibility index (Phi) is 5.97. The molecule has 0 aliphatic heterocycles. The molecule has 2 aromatic heterocycles.